The molecule has 2 aromatic heterocycles. The number of imide groups is 1. The van der Waals surface area contributed by atoms with Gasteiger partial charge in [0.1, 0.15) is 11.5 Å². The van der Waals surface area contributed by atoms with Gasteiger partial charge in [-0.1, -0.05) is 18.2 Å². The standard InChI is InChI=1S/C20H16N2O4S2/c1-12-15(21-19(26-12)16-3-2-10-27-16)8-9-25-14-6-4-13(5-7-14)11-17-18(23)22-20(24)28-17/h2-7,10-11H,8-9H2,1H3,(H,22,23,24)/b17-11+. The fourth-order valence-electron chi connectivity index (χ4n) is 2.66. The van der Waals surface area contributed by atoms with E-state index in [1.165, 1.54) is 0 Å². The molecule has 0 saturated carbocycles. The van der Waals surface area contributed by atoms with E-state index in [0.717, 1.165) is 39.4 Å². The quantitative estimate of drug-likeness (QED) is 0.593. The Bertz CT molecular complexity index is 1040. The zero-order valence-electron chi connectivity index (χ0n) is 14.9. The van der Waals surface area contributed by atoms with Gasteiger partial charge in [0.05, 0.1) is 22.1 Å². The number of hydrogen-bond donors (Lipinski definition) is 1. The summed E-state index contributed by atoms with van der Waals surface area (Å²) in [6, 6.07) is 11.3. The highest BCUT2D eigenvalue weighted by Crippen LogP contribution is 2.27. The third-order valence-electron chi connectivity index (χ3n) is 4.05. The zero-order chi connectivity index (χ0) is 19.5. The number of oxazole rings is 1. The molecule has 1 saturated heterocycles. The van der Waals surface area contributed by atoms with Crippen LogP contribution in [0, 0.1) is 6.92 Å². The predicted molar refractivity (Wildman–Crippen MR) is 109 cm³/mol. The second-order valence-corrected chi connectivity index (χ2v) is 7.98. The van der Waals surface area contributed by atoms with Crippen molar-refractivity contribution < 1.29 is 18.7 Å². The Morgan fingerprint density at radius 3 is 2.71 bits per heavy atom. The van der Waals surface area contributed by atoms with Crippen molar-refractivity contribution >= 4 is 40.3 Å². The molecule has 1 fully saturated rings. The minimum Gasteiger partial charge on any atom is -0.493 e. The van der Waals surface area contributed by atoms with Crippen LogP contribution in [0.5, 0.6) is 5.75 Å². The largest absolute Gasteiger partial charge is 0.493 e. The van der Waals surface area contributed by atoms with Gasteiger partial charge in [0, 0.05) is 6.42 Å². The number of rotatable bonds is 6. The molecule has 142 valence electrons. The Morgan fingerprint density at radius 2 is 2.04 bits per heavy atom. The lowest BCUT2D eigenvalue weighted by molar-refractivity contribution is -0.115. The first kappa shape index (κ1) is 18.5. The molecular weight excluding hydrogens is 396 g/mol. The normalized spacial score (nSPS) is 15.2. The molecule has 1 N–H and O–H groups in total. The monoisotopic (exact) mass is 412 g/mol. The van der Waals surface area contributed by atoms with Gasteiger partial charge in [0.2, 0.25) is 5.89 Å². The molecule has 0 radical (unpaired) electrons. The highest BCUT2D eigenvalue weighted by atomic mass is 32.2. The first-order valence-electron chi connectivity index (χ1n) is 8.56. The van der Waals surface area contributed by atoms with Gasteiger partial charge in [-0.15, -0.1) is 11.3 Å². The van der Waals surface area contributed by atoms with Gasteiger partial charge >= 0.3 is 0 Å². The van der Waals surface area contributed by atoms with Crippen LogP contribution in [0.2, 0.25) is 0 Å². The highest BCUT2D eigenvalue weighted by Gasteiger charge is 2.24. The third-order valence-corrected chi connectivity index (χ3v) is 5.72. The summed E-state index contributed by atoms with van der Waals surface area (Å²) >= 11 is 2.50. The Hall–Kier alpha value is -2.84. The minimum absolute atomic E-state index is 0.346. The Balaban J connectivity index is 1.34. The van der Waals surface area contributed by atoms with E-state index in [9.17, 15) is 9.59 Å². The van der Waals surface area contributed by atoms with Crippen molar-refractivity contribution in [3.8, 4) is 16.5 Å². The number of nitrogens with zero attached hydrogens (tertiary/aromatic N) is 1. The maximum Gasteiger partial charge on any atom is 0.290 e. The molecule has 8 heteroatoms. The summed E-state index contributed by atoms with van der Waals surface area (Å²) in [5, 5.41) is 3.88. The van der Waals surface area contributed by atoms with Crippen LogP contribution < -0.4 is 10.1 Å². The van der Waals surface area contributed by atoms with Crippen LogP contribution in [0.15, 0.2) is 51.1 Å². The topological polar surface area (TPSA) is 81.4 Å². The number of benzene rings is 1. The van der Waals surface area contributed by atoms with E-state index in [2.05, 4.69) is 10.3 Å². The molecule has 4 rings (SSSR count). The fourth-order valence-corrected chi connectivity index (χ4v) is 4.00. The smallest absolute Gasteiger partial charge is 0.290 e. The van der Waals surface area contributed by atoms with Crippen molar-refractivity contribution in [2.45, 2.75) is 13.3 Å². The number of carbonyl (C=O) groups is 2. The summed E-state index contributed by atoms with van der Waals surface area (Å²) in [5.74, 6) is 1.81. The van der Waals surface area contributed by atoms with Crippen molar-refractivity contribution in [1.82, 2.24) is 10.3 Å². The molecule has 1 aromatic carbocycles. The van der Waals surface area contributed by atoms with E-state index in [4.69, 9.17) is 9.15 Å². The van der Waals surface area contributed by atoms with Crippen LogP contribution in [0.25, 0.3) is 16.8 Å². The molecule has 3 aromatic rings. The number of ether oxygens (including phenoxy) is 1. The number of amides is 2. The molecule has 1 aliphatic rings. The average molecular weight is 412 g/mol. The average Bonchev–Trinajstić information content (AvgIpc) is 3.39. The first-order valence-corrected chi connectivity index (χ1v) is 10.3. The van der Waals surface area contributed by atoms with Gasteiger partial charge < -0.3 is 9.15 Å². The molecule has 6 nitrogen and oxygen atoms in total. The molecule has 1 aliphatic heterocycles. The number of carbonyl (C=O) groups excluding carboxylic acids is 2. The second kappa shape index (κ2) is 8.04. The van der Waals surface area contributed by atoms with Crippen LogP contribution in [0.1, 0.15) is 17.0 Å². The van der Waals surface area contributed by atoms with Crippen molar-refractivity contribution in [3.05, 3.63) is 63.7 Å². The van der Waals surface area contributed by atoms with Crippen molar-refractivity contribution in [3.63, 3.8) is 0 Å². The molecule has 28 heavy (non-hydrogen) atoms. The lowest BCUT2D eigenvalue weighted by Crippen LogP contribution is -2.17. The van der Waals surface area contributed by atoms with Crippen molar-refractivity contribution in [2.75, 3.05) is 6.61 Å². The highest BCUT2D eigenvalue weighted by molar-refractivity contribution is 8.18. The molecule has 2 amide bonds. The van der Waals surface area contributed by atoms with E-state index < -0.39 is 0 Å². The first-order chi connectivity index (χ1) is 13.6. The molecule has 0 aliphatic carbocycles. The van der Waals surface area contributed by atoms with Gasteiger partial charge in [-0.25, -0.2) is 4.98 Å². The number of aryl methyl sites for hydroxylation is 1. The lowest BCUT2D eigenvalue weighted by atomic mass is 10.2. The predicted octanol–water partition coefficient (Wildman–Crippen LogP) is 4.66. The van der Waals surface area contributed by atoms with Crippen LogP contribution in [0.3, 0.4) is 0 Å². The maximum atomic E-state index is 11.6. The Labute approximate surface area is 169 Å². The van der Waals surface area contributed by atoms with E-state index in [1.807, 2.05) is 48.7 Å². The molecule has 0 atom stereocenters. The van der Waals surface area contributed by atoms with Gasteiger partial charge in [0.25, 0.3) is 11.1 Å². The Kier molecular flexibility index (Phi) is 5.31. The Morgan fingerprint density at radius 1 is 1.21 bits per heavy atom. The van der Waals surface area contributed by atoms with Gasteiger partial charge in [-0.05, 0) is 53.9 Å². The number of thiophene rings is 1. The number of nitrogens with one attached hydrogen (secondary N) is 1. The molecule has 0 bridgehead atoms. The van der Waals surface area contributed by atoms with Crippen LogP contribution in [-0.4, -0.2) is 22.7 Å². The molecule has 0 spiro atoms. The molecular formula is C20H16N2O4S2. The lowest BCUT2D eigenvalue weighted by Gasteiger charge is -2.05. The van der Waals surface area contributed by atoms with E-state index >= 15 is 0 Å². The summed E-state index contributed by atoms with van der Waals surface area (Å²) in [6.45, 7) is 2.38. The van der Waals surface area contributed by atoms with E-state index in [-0.39, 0.29) is 11.1 Å². The summed E-state index contributed by atoms with van der Waals surface area (Å²) in [7, 11) is 0. The maximum absolute atomic E-state index is 11.6. The van der Waals surface area contributed by atoms with E-state index in [0.29, 0.717) is 23.8 Å². The van der Waals surface area contributed by atoms with Crippen LogP contribution >= 0.6 is 23.1 Å². The number of hydrogen-bond acceptors (Lipinski definition) is 7. The summed E-state index contributed by atoms with van der Waals surface area (Å²) < 4.78 is 11.5. The fraction of sp³-hybridized carbons (Fsp3) is 0.150. The number of thioether (sulfide) groups is 1. The second-order valence-electron chi connectivity index (χ2n) is 6.02. The molecule has 0 unspecified atom stereocenters. The van der Waals surface area contributed by atoms with Gasteiger partial charge in [-0.3, -0.25) is 14.9 Å². The van der Waals surface area contributed by atoms with E-state index in [1.54, 1.807) is 17.4 Å². The zero-order valence-corrected chi connectivity index (χ0v) is 16.6. The molecule has 3 heterocycles. The minimum atomic E-state index is -0.361. The van der Waals surface area contributed by atoms with Crippen molar-refractivity contribution in [1.29, 1.82) is 0 Å². The van der Waals surface area contributed by atoms with Crippen LogP contribution in [0.4, 0.5) is 4.79 Å². The third kappa shape index (κ3) is 4.18. The number of aromatic nitrogens is 1. The summed E-state index contributed by atoms with van der Waals surface area (Å²) in [6.07, 6.45) is 2.32. The van der Waals surface area contributed by atoms with Gasteiger partial charge in [-0.2, -0.15) is 0 Å². The summed E-state index contributed by atoms with van der Waals surface area (Å²) in [5.41, 5.74) is 1.71. The van der Waals surface area contributed by atoms with Crippen LogP contribution in [-0.2, 0) is 11.2 Å². The van der Waals surface area contributed by atoms with Crippen molar-refractivity contribution in [2.24, 2.45) is 0 Å². The van der Waals surface area contributed by atoms with Gasteiger partial charge in [0.15, 0.2) is 0 Å². The summed E-state index contributed by atoms with van der Waals surface area (Å²) in [4.78, 5) is 28.7. The SMILES string of the molecule is Cc1oc(-c2cccs2)nc1CCOc1ccc(/C=C2/SC(=O)NC2=O)cc1.